The lowest BCUT2D eigenvalue weighted by atomic mass is 9.54. The van der Waals surface area contributed by atoms with E-state index in [0.717, 1.165) is 18.6 Å². The summed E-state index contributed by atoms with van der Waals surface area (Å²) in [7, 11) is 0. The summed E-state index contributed by atoms with van der Waals surface area (Å²) in [4.78, 5) is 0. The standard InChI is InChI=1S/C40H36O/c1-2-13-26-25(12-1)24-36(28-15-4-3-14-27(26)28)39-32-19-7-5-17-30(32)38(31-18-6-8-20-33(31)39)35-22-11-21-34-29-16-9-10-23-37(29)41-40(34)35/h1-7,9-10,12-16,18,21,23-24,30,32-33,35,39-40H,8,11,17,19-20,22H2. The Morgan fingerprint density at radius 3 is 2.39 bits per heavy atom. The molecule has 6 unspecified atom stereocenters. The van der Waals surface area contributed by atoms with Crippen LogP contribution in [0.25, 0.3) is 27.1 Å². The van der Waals surface area contributed by atoms with Crippen LogP contribution in [0.1, 0.15) is 55.6 Å². The molecule has 4 aromatic rings. The first-order chi connectivity index (χ1) is 20.4. The summed E-state index contributed by atoms with van der Waals surface area (Å²) in [6, 6.07) is 29.5. The molecule has 4 aromatic carbocycles. The summed E-state index contributed by atoms with van der Waals surface area (Å²) in [5, 5.41) is 5.62. The van der Waals surface area contributed by atoms with Crippen molar-refractivity contribution in [3.8, 4) is 5.75 Å². The summed E-state index contributed by atoms with van der Waals surface area (Å²) in [5.74, 6) is 3.82. The van der Waals surface area contributed by atoms with Crippen LogP contribution in [-0.2, 0) is 0 Å². The Morgan fingerprint density at radius 2 is 1.44 bits per heavy atom. The fourth-order valence-electron chi connectivity index (χ4n) is 9.42. The van der Waals surface area contributed by atoms with Crippen molar-refractivity contribution in [2.45, 2.75) is 50.5 Å². The zero-order chi connectivity index (χ0) is 26.9. The number of ether oxygens (including phenoxy) is 1. The van der Waals surface area contributed by atoms with E-state index in [2.05, 4.69) is 109 Å². The molecule has 9 rings (SSSR count). The molecule has 202 valence electrons. The SMILES string of the molecule is C1=CC2=C(C3CCC=C4c5ccccc5OC43)C3CC=CCC3C(c3cc4ccccc4c4ccccc34)C2CC1. The average Bonchev–Trinajstić information content (AvgIpc) is 3.43. The van der Waals surface area contributed by atoms with Crippen LogP contribution in [0.2, 0.25) is 0 Å². The van der Waals surface area contributed by atoms with Crippen LogP contribution in [-0.4, -0.2) is 6.10 Å². The first-order valence-corrected chi connectivity index (χ1v) is 15.8. The zero-order valence-corrected chi connectivity index (χ0v) is 23.5. The van der Waals surface area contributed by atoms with Gasteiger partial charge in [-0.2, -0.15) is 0 Å². The second-order valence-corrected chi connectivity index (χ2v) is 12.8. The van der Waals surface area contributed by atoms with Crippen molar-refractivity contribution >= 4 is 27.1 Å². The molecule has 1 nitrogen and oxygen atoms in total. The number of hydrogen-bond acceptors (Lipinski definition) is 1. The lowest BCUT2D eigenvalue weighted by Crippen LogP contribution is -2.42. The number of fused-ring (bicyclic) bond motifs is 8. The van der Waals surface area contributed by atoms with Gasteiger partial charge in [-0.05, 0) is 107 Å². The molecule has 6 atom stereocenters. The first kappa shape index (κ1) is 23.8. The third-order valence-electron chi connectivity index (χ3n) is 11.0. The largest absolute Gasteiger partial charge is 0.484 e. The summed E-state index contributed by atoms with van der Waals surface area (Å²) in [5.41, 5.74) is 7.73. The highest BCUT2D eigenvalue weighted by molar-refractivity contribution is 6.09. The molecule has 41 heavy (non-hydrogen) atoms. The smallest absolute Gasteiger partial charge is 0.131 e. The van der Waals surface area contributed by atoms with Gasteiger partial charge in [0.25, 0.3) is 0 Å². The molecule has 0 fully saturated rings. The highest BCUT2D eigenvalue weighted by Crippen LogP contribution is 2.59. The van der Waals surface area contributed by atoms with Gasteiger partial charge in [-0.25, -0.2) is 0 Å². The average molecular weight is 533 g/mol. The maximum absolute atomic E-state index is 6.81. The minimum Gasteiger partial charge on any atom is -0.484 e. The fraction of sp³-hybridized carbons (Fsp3) is 0.300. The van der Waals surface area contributed by atoms with Crippen molar-refractivity contribution in [3.63, 3.8) is 0 Å². The minimum absolute atomic E-state index is 0.157. The normalized spacial score (nSPS) is 29.9. The molecule has 0 saturated carbocycles. The number of benzene rings is 4. The van der Waals surface area contributed by atoms with Crippen LogP contribution in [0, 0.1) is 23.7 Å². The Balaban J connectivity index is 1.24. The van der Waals surface area contributed by atoms with Crippen molar-refractivity contribution in [1.82, 2.24) is 0 Å². The topological polar surface area (TPSA) is 9.23 Å². The van der Waals surface area contributed by atoms with E-state index in [9.17, 15) is 0 Å². The molecule has 1 heterocycles. The molecule has 1 heteroatoms. The quantitative estimate of drug-likeness (QED) is 0.184. The minimum atomic E-state index is 0.157. The van der Waals surface area contributed by atoms with E-state index in [1.807, 2.05) is 0 Å². The van der Waals surface area contributed by atoms with Crippen molar-refractivity contribution in [2.24, 2.45) is 23.7 Å². The van der Waals surface area contributed by atoms with Gasteiger partial charge in [0, 0.05) is 11.5 Å². The fourth-order valence-corrected chi connectivity index (χ4v) is 9.42. The van der Waals surface area contributed by atoms with Crippen molar-refractivity contribution in [2.75, 3.05) is 0 Å². The lowest BCUT2D eigenvalue weighted by molar-refractivity contribution is 0.162. The molecule has 0 N–H and O–H groups in total. The molecular weight excluding hydrogens is 496 g/mol. The molecule has 1 aliphatic heterocycles. The number of hydrogen-bond donors (Lipinski definition) is 0. The van der Waals surface area contributed by atoms with Gasteiger partial charge < -0.3 is 4.74 Å². The Bertz CT molecular complexity index is 1820. The number of allylic oxidation sites excluding steroid dienone is 6. The van der Waals surface area contributed by atoms with Gasteiger partial charge >= 0.3 is 0 Å². The van der Waals surface area contributed by atoms with Crippen LogP contribution >= 0.6 is 0 Å². The maximum atomic E-state index is 6.81. The Kier molecular flexibility index (Phi) is 5.43. The van der Waals surface area contributed by atoms with Crippen LogP contribution in [0.5, 0.6) is 5.75 Å². The van der Waals surface area contributed by atoms with Gasteiger partial charge in [0.05, 0.1) is 0 Å². The predicted octanol–water partition coefficient (Wildman–Crippen LogP) is 10.2. The van der Waals surface area contributed by atoms with E-state index >= 15 is 0 Å². The van der Waals surface area contributed by atoms with Gasteiger partial charge in [0.2, 0.25) is 0 Å². The van der Waals surface area contributed by atoms with Crippen LogP contribution in [0.3, 0.4) is 0 Å². The number of rotatable bonds is 2. The molecule has 0 aromatic heterocycles. The highest BCUT2D eigenvalue weighted by atomic mass is 16.5. The maximum Gasteiger partial charge on any atom is 0.131 e. The van der Waals surface area contributed by atoms with E-state index < -0.39 is 0 Å². The second kappa shape index (κ2) is 9.35. The molecule has 4 aliphatic carbocycles. The number of para-hydroxylation sites is 1. The van der Waals surface area contributed by atoms with Crippen LogP contribution in [0.4, 0.5) is 0 Å². The van der Waals surface area contributed by atoms with Crippen LogP contribution in [0.15, 0.2) is 120 Å². The van der Waals surface area contributed by atoms with E-state index in [1.54, 1.807) is 16.7 Å². The Hall–Kier alpha value is -3.84. The molecule has 0 saturated heterocycles. The lowest BCUT2D eigenvalue weighted by Gasteiger charge is -2.50. The zero-order valence-electron chi connectivity index (χ0n) is 23.5. The Morgan fingerprint density at radius 1 is 0.659 bits per heavy atom. The monoisotopic (exact) mass is 532 g/mol. The molecule has 5 aliphatic rings. The van der Waals surface area contributed by atoms with Crippen molar-refractivity contribution in [1.29, 1.82) is 0 Å². The molecule has 0 radical (unpaired) electrons. The summed E-state index contributed by atoms with van der Waals surface area (Å²) < 4.78 is 6.81. The molecule has 0 bridgehead atoms. The third kappa shape index (κ3) is 3.54. The van der Waals surface area contributed by atoms with Crippen molar-refractivity contribution in [3.05, 3.63) is 132 Å². The van der Waals surface area contributed by atoms with Gasteiger partial charge in [0.15, 0.2) is 0 Å². The van der Waals surface area contributed by atoms with Crippen molar-refractivity contribution < 1.29 is 4.74 Å². The predicted molar refractivity (Wildman–Crippen MR) is 170 cm³/mol. The summed E-state index contributed by atoms with van der Waals surface area (Å²) in [6.07, 6.45) is 19.7. The van der Waals surface area contributed by atoms with E-state index in [4.69, 9.17) is 4.74 Å². The highest BCUT2D eigenvalue weighted by Gasteiger charge is 2.49. The van der Waals surface area contributed by atoms with Crippen LogP contribution < -0.4 is 4.74 Å². The third-order valence-corrected chi connectivity index (χ3v) is 11.0. The Labute approximate surface area is 242 Å². The summed E-state index contributed by atoms with van der Waals surface area (Å²) in [6.45, 7) is 0. The summed E-state index contributed by atoms with van der Waals surface area (Å²) >= 11 is 0. The van der Waals surface area contributed by atoms with Gasteiger partial charge in [-0.15, -0.1) is 0 Å². The van der Waals surface area contributed by atoms with Gasteiger partial charge in [-0.1, -0.05) is 109 Å². The first-order valence-electron chi connectivity index (χ1n) is 15.8. The van der Waals surface area contributed by atoms with E-state index in [0.29, 0.717) is 29.6 Å². The molecule has 0 amide bonds. The molecular formula is C40H36O. The van der Waals surface area contributed by atoms with E-state index in [1.165, 1.54) is 58.4 Å². The molecule has 0 spiro atoms. The van der Waals surface area contributed by atoms with E-state index in [-0.39, 0.29) is 6.10 Å². The van der Waals surface area contributed by atoms with Gasteiger partial charge in [-0.3, -0.25) is 0 Å². The second-order valence-electron chi connectivity index (χ2n) is 12.8. The van der Waals surface area contributed by atoms with Gasteiger partial charge in [0.1, 0.15) is 11.9 Å².